The van der Waals surface area contributed by atoms with Crippen LogP contribution in [0.3, 0.4) is 0 Å². The molecule has 1 amide bonds. The first kappa shape index (κ1) is 20.2. The van der Waals surface area contributed by atoms with Gasteiger partial charge < -0.3 is 14.5 Å². The van der Waals surface area contributed by atoms with E-state index < -0.39 is 4.92 Å². The quantitative estimate of drug-likeness (QED) is 0.537. The molecule has 2 aromatic rings. The van der Waals surface area contributed by atoms with Crippen LogP contribution in [0.5, 0.6) is 5.75 Å². The predicted octanol–water partition coefficient (Wildman–Crippen LogP) is 3.94. The molecule has 1 saturated heterocycles. The van der Waals surface area contributed by atoms with Gasteiger partial charge in [0.25, 0.3) is 11.6 Å². The molecule has 1 heterocycles. The Morgan fingerprint density at radius 3 is 2.50 bits per heavy atom. The number of hydrogen-bond donors (Lipinski definition) is 0. The second-order valence-electron chi connectivity index (χ2n) is 6.46. The van der Waals surface area contributed by atoms with Gasteiger partial charge in [-0.15, -0.1) is 0 Å². The van der Waals surface area contributed by atoms with Crippen molar-refractivity contribution in [2.75, 3.05) is 37.7 Å². The molecule has 1 fully saturated rings. The molecule has 0 aromatic heterocycles. The van der Waals surface area contributed by atoms with Gasteiger partial charge in [-0.2, -0.15) is 0 Å². The maximum absolute atomic E-state index is 12.4. The van der Waals surface area contributed by atoms with Crippen LogP contribution in [0.2, 0.25) is 10.0 Å². The SMILES string of the molecule is Cc1cc(OCC(=O)N2CCN(c3ccc(Cl)cc3[N+](=O)[O-])CC2)ccc1Cl. The van der Waals surface area contributed by atoms with Crippen molar-refractivity contribution in [3.8, 4) is 5.75 Å². The highest BCUT2D eigenvalue weighted by atomic mass is 35.5. The van der Waals surface area contributed by atoms with Gasteiger partial charge in [0.05, 0.1) is 4.92 Å². The molecule has 148 valence electrons. The minimum absolute atomic E-state index is 0.0336. The maximum Gasteiger partial charge on any atom is 0.294 e. The van der Waals surface area contributed by atoms with E-state index in [1.165, 1.54) is 6.07 Å². The van der Waals surface area contributed by atoms with Crippen LogP contribution in [0, 0.1) is 17.0 Å². The van der Waals surface area contributed by atoms with Crippen molar-refractivity contribution in [3.05, 3.63) is 62.1 Å². The Bertz CT molecular complexity index is 899. The molecular formula is C19H19Cl2N3O4. The van der Waals surface area contributed by atoms with Crippen LogP contribution in [-0.4, -0.2) is 48.5 Å². The predicted molar refractivity (Wildman–Crippen MR) is 109 cm³/mol. The van der Waals surface area contributed by atoms with Gasteiger partial charge in [0.1, 0.15) is 11.4 Å². The van der Waals surface area contributed by atoms with Crippen LogP contribution in [0.15, 0.2) is 36.4 Å². The minimum Gasteiger partial charge on any atom is -0.484 e. The summed E-state index contributed by atoms with van der Waals surface area (Å²) in [5, 5.41) is 12.2. The number of carbonyl (C=O) groups is 1. The van der Waals surface area contributed by atoms with E-state index in [4.69, 9.17) is 27.9 Å². The average molecular weight is 424 g/mol. The Hall–Kier alpha value is -2.51. The number of nitro groups is 1. The molecule has 0 radical (unpaired) electrons. The standard InChI is InChI=1S/C19H19Cl2N3O4/c1-13-10-15(3-4-16(13)21)28-12-19(25)23-8-6-22(7-9-23)17-5-2-14(20)11-18(17)24(26)27/h2-5,10-11H,6-9,12H2,1H3. The normalized spacial score (nSPS) is 14.1. The molecule has 0 unspecified atom stereocenters. The van der Waals surface area contributed by atoms with Crippen LogP contribution in [0.1, 0.15) is 5.56 Å². The molecule has 0 atom stereocenters. The van der Waals surface area contributed by atoms with Crippen LogP contribution in [-0.2, 0) is 4.79 Å². The largest absolute Gasteiger partial charge is 0.484 e. The number of benzene rings is 2. The number of aryl methyl sites for hydroxylation is 1. The second kappa shape index (κ2) is 8.67. The summed E-state index contributed by atoms with van der Waals surface area (Å²) in [6.07, 6.45) is 0. The van der Waals surface area contributed by atoms with Crippen molar-refractivity contribution >= 4 is 40.5 Å². The van der Waals surface area contributed by atoms with E-state index in [1.54, 1.807) is 35.2 Å². The van der Waals surface area contributed by atoms with Gasteiger partial charge in [-0.3, -0.25) is 14.9 Å². The van der Waals surface area contributed by atoms with Gasteiger partial charge in [0.15, 0.2) is 6.61 Å². The summed E-state index contributed by atoms with van der Waals surface area (Å²) >= 11 is 11.9. The number of ether oxygens (including phenoxy) is 1. The Balaban J connectivity index is 1.57. The maximum atomic E-state index is 12.4. The van der Waals surface area contributed by atoms with Crippen molar-refractivity contribution in [2.45, 2.75) is 6.92 Å². The van der Waals surface area contributed by atoms with E-state index >= 15 is 0 Å². The van der Waals surface area contributed by atoms with E-state index in [-0.39, 0.29) is 18.2 Å². The summed E-state index contributed by atoms with van der Waals surface area (Å²) in [5.41, 5.74) is 1.35. The van der Waals surface area contributed by atoms with Crippen LogP contribution >= 0.6 is 23.2 Å². The smallest absolute Gasteiger partial charge is 0.294 e. The fourth-order valence-electron chi connectivity index (χ4n) is 3.05. The molecule has 9 heteroatoms. The highest BCUT2D eigenvalue weighted by molar-refractivity contribution is 6.31. The molecule has 1 aliphatic heterocycles. The van der Waals surface area contributed by atoms with Gasteiger partial charge in [-0.25, -0.2) is 0 Å². The zero-order valence-electron chi connectivity index (χ0n) is 15.2. The van der Waals surface area contributed by atoms with Crippen LogP contribution in [0.25, 0.3) is 0 Å². The van der Waals surface area contributed by atoms with Gasteiger partial charge >= 0.3 is 0 Å². The summed E-state index contributed by atoms with van der Waals surface area (Å²) in [6.45, 7) is 3.71. The lowest BCUT2D eigenvalue weighted by Crippen LogP contribution is -2.50. The zero-order chi connectivity index (χ0) is 20.3. The number of carbonyl (C=O) groups excluding carboxylic acids is 1. The molecule has 1 aliphatic rings. The molecule has 0 saturated carbocycles. The van der Waals surface area contributed by atoms with Crippen molar-refractivity contribution in [3.63, 3.8) is 0 Å². The molecule has 3 rings (SSSR count). The summed E-state index contributed by atoms with van der Waals surface area (Å²) in [4.78, 5) is 26.8. The Labute approximate surface area is 172 Å². The topological polar surface area (TPSA) is 75.9 Å². The van der Waals surface area contributed by atoms with Gasteiger partial charge in [0.2, 0.25) is 0 Å². The van der Waals surface area contributed by atoms with E-state index in [1.807, 2.05) is 11.8 Å². The molecule has 0 spiro atoms. The lowest BCUT2D eigenvalue weighted by Gasteiger charge is -2.35. The number of piperazine rings is 1. The Morgan fingerprint density at radius 2 is 1.86 bits per heavy atom. The third-order valence-corrected chi connectivity index (χ3v) is 5.26. The number of anilines is 1. The number of nitrogens with zero attached hydrogens (tertiary/aromatic N) is 3. The molecular weight excluding hydrogens is 405 g/mol. The molecule has 0 bridgehead atoms. The van der Waals surface area contributed by atoms with Crippen molar-refractivity contribution in [1.29, 1.82) is 0 Å². The summed E-state index contributed by atoms with van der Waals surface area (Å²) in [7, 11) is 0. The molecule has 2 aromatic carbocycles. The lowest BCUT2D eigenvalue weighted by molar-refractivity contribution is -0.384. The van der Waals surface area contributed by atoms with Crippen molar-refractivity contribution < 1.29 is 14.5 Å². The number of hydrogen-bond acceptors (Lipinski definition) is 5. The zero-order valence-corrected chi connectivity index (χ0v) is 16.7. The highest BCUT2D eigenvalue weighted by Gasteiger charge is 2.26. The monoisotopic (exact) mass is 423 g/mol. The third kappa shape index (κ3) is 4.66. The summed E-state index contributed by atoms with van der Waals surface area (Å²) in [5.74, 6) is 0.462. The molecule has 28 heavy (non-hydrogen) atoms. The number of nitro benzene ring substituents is 1. The summed E-state index contributed by atoms with van der Waals surface area (Å²) in [6, 6.07) is 9.85. The first-order chi connectivity index (χ1) is 13.3. The van der Waals surface area contributed by atoms with E-state index in [2.05, 4.69) is 0 Å². The Kier molecular flexibility index (Phi) is 6.26. The van der Waals surface area contributed by atoms with Gasteiger partial charge in [-0.1, -0.05) is 23.2 Å². The number of amides is 1. The fraction of sp³-hybridized carbons (Fsp3) is 0.316. The van der Waals surface area contributed by atoms with Gasteiger partial charge in [-0.05, 0) is 42.8 Å². The highest BCUT2D eigenvalue weighted by Crippen LogP contribution is 2.31. The Morgan fingerprint density at radius 1 is 1.14 bits per heavy atom. The molecule has 0 aliphatic carbocycles. The second-order valence-corrected chi connectivity index (χ2v) is 7.30. The van der Waals surface area contributed by atoms with Crippen molar-refractivity contribution in [1.82, 2.24) is 4.90 Å². The molecule has 7 nitrogen and oxygen atoms in total. The molecule has 0 N–H and O–H groups in total. The average Bonchev–Trinajstić information content (AvgIpc) is 2.68. The van der Waals surface area contributed by atoms with E-state index in [9.17, 15) is 14.9 Å². The summed E-state index contributed by atoms with van der Waals surface area (Å²) < 4.78 is 5.56. The number of halogens is 2. The first-order valence-corrected chi connectivity index (χ1v) is 9.46. The van der Waals surface area contributed by atoms with Crippen molar-refractivity contribution in [2.24, 2.45) is 0 Å². The van der Waals surface area contributed by atoms with E-state index in [0.29, 0.717) is 47.7 Å². The first-order valence-electron chi connectivity index (χ1n) is 8.71. The van der Waals surface area contributed by atoms with Crippen LogP contribution in [0.4, 0.5) is 11.4 Å². The van der Waals surface area contributed by atoms with E-state index in [0.717, 1.165) is 5.56 Å². The minimum atomic E-state index is -0.444. The third-order valence-electron chi connectivity index (χ3n) is 4.60. The van der Waals surface area contributed by atoms with Gasteiger partial charge in [0, 0.05) is 42.3 Å². The number of rotatable bonds is 5. The lowest BCUT2D eigenvalue weighted by atomic mass is 10.2. The fourth-order valence-corrected chi connectivity index (χ4v) is 3.33. The van der Waals surface area contributed by atoms with Crippen LogP contribution < -0.4 is 9.64 Å².